The molecule has 1 heterocycles. The number of carbonyl (C=O) groups is 1. The molecule has 0 bridgehead atoms. The van der Waals surface area contributed by atoms with Gasteiger partial charge < -0.3 is 5.32 Å². The molecule has 1 saturated heterocycles. The number of carbonyl (C=O) groups excluding carboxylic acids is 1. The molecule has 1 fully saturated rings. The van der Waals surface area contributed by atoms with Crippen molar-refractivity contribution < 1.29 is 31.1 Å². The van der Waals surface area contributed by atoms with Crippen LogP contribution in [-0.2, 0) is 23.7 Å². The van der Waals surface area contributed by atoms with Gasteiger partial charge >= 0.3 is 12.4 Å². The molecular formula is C15H16F6N2O. The first-order chi connectivity index (χ1) is 11.0. The van der Waals surface area contributed by atoms with Crippen molar-refractivity contribution in [3.63, 3.8) is 0 Å². The lowest BCUT2D eigenvalue weighted by atomic mass is 10.0. The largest absolute Gasteiger partial charge is 0.416 e. The van der Waals surface area contributed by atoms with Crippen LogP contribution < -0.4 is 5.32 Å². The topological polar surface area (TPSA) is 32.3 Å². The molecule has 1 amide bonds. The molecule has 0 radical (unpaired) electrons. The first-order valence-electron chi connectivity index (χ1n) is 7.25. The number of halogens is 6. The molecule has 24 heavy (non-hydrogen) atoms. The summed E-state index contributed by atoms with van der Waals surface area (Å²) in [5.41, 5.74) is -3.02. The summed E-state index contributed by atoms with van der Waals surface area (Å²) in [5, 5.41) is 2.41. The van der Waals surface area contributed by atoms with Crippen molar-refractivity contribution in [1.82, 2.24) is 10.2 Å². The summed E-state index contributed by atoms with van der Waals surface area (Å²) in [6, 6.07) is 0.899. The molecule has 1 aliphatic rings. The number of alkyl halides is 6. The highest BCUT2D eigenvalue weighted by molar-refractivity contribution is 5.82. The Morgan fingerprint density at radius 1 is 1.12 bits per heavy atom. The maximum atomic E-state index is 12.8. The van der Waals surface area contributed by atoms with Gasteiger partial charge in [0.05, 0.1) is 17.2 Å². The Balaban J connectivity index is 2.18. The zero-order chi connectivity index (χ0) is 18.1. The molecule has 1 N–H and O–H groups in total. The molecule has 9 heteroatoms. The fraction of sp³-hybridized carbons (Fsp3) is 0.533. The standard InChI is InChI=1S/C15H16F6N2O/c1-23-4-2-3-12(23)13(24)22-8-9-5-10(14(16,17)18)7-11(6-9)15(19,20)21/h5-7,12H,2-4,8H2,1H3,(H,22,24). The van der Waals surface area contributed by atoms with E-state index in [-0.39, 0.29) is 11.6 Å². The second-order valence-corrected chi connectivity index (χ2v) is 5.77. The van der Waals surface area contributed by atoms with E-state index in [9.17, 15) is 31.1 Å². The number of nitrogens with zero attached hydrogens (tertiary/aromatic N) is 1. The second-order valence-electron chi connectivity index (χ2n) is 5.77. The number of hydrogen-bond donors (Lipinski definition) is 1. The van der Waals surface area contributed by atoms with E-state index >= 15 is 0 Å². The van der Waals surface area contributed by atoms with Crippen LogP contribution in [0.5, 0.6) is 0 Å². The van der Waals surface area contributed by atoms with Crippen molar-refractivity contribution in [3.8, 4) is 0 Å². The third-order valence-corrected chi connectivity index (χ3v) is 3.94. The van der Waals surface area contributed by atoms with E-state index in [0.29, 0.717) is 18.6 Å². The molecule has 134 valence electrons. The summed E-state index contributed by atoms with van der Waals surface area (Å²) < 4.78 is 76.6. The van der Waals surface area contributed by atoms with E-state index in [1.165, 1.54) is 0 Å². The van der Waals surface area contributed by atoms with Crippen LogP contribution in [0.25, 0.3) is 0 Å². The predicted octanol–water partition coefficient (Wildman–Crippen LogP) is 3.43. The molecule has 1 aromatic rings. The number of amides is 1. The van der Waals surface area contributed by atoms with E-state index in [0.717, 1.165) is 13.0 Å². The summed E-state index contributed by atoms with van der Waals surface area (Å²) in [4.78, 5) is 13.8. The van der Waals surface area contributed by atoms with Crippen LogP contribution in [-0.4, -0.2) is 30.4 Å². The van der Waals surface area contributed by atoms with Gasteiger partial charge in [0, 0.05) is 6.54 Å². The van der Waals surface area contributed by atoms with Gasteiger partial charge in [-0.15, -0.1) is 0 Å². The van der Waals surface area contributed by atoms with Gasteiger partial charge in [0.25, 0.3) is 0 Å². The van der Waals surface area contributed by atoms with E-state index in [4.69, 9.17) is 0 Å². The third-order valence-electron chi connectivity index (χ3n) is 3.94. The van der Waals surface area contributed by atoms with E-state index < -0.39 is 42.0 Å². The molecule has 2 rings (SSSR count). The van der Waals surface area contributed by atoms with Gasteiger partial charge in [-0.25, -0.2) is 0 Å². The predicted molar refractivity (Wildman–Crippen MR) is 73.9 cm³/mol. The SMILES string of the molecule is CN1CCCC1C(=O)NCc1cc(C(F)(F)F)cc(C(F)(F)F)c1. The van der Waals surface area contributed by atoms with Crippen LogP contribution in [0.1, 0.15) is 29.5 Å². The lowest BCUT2D eigenvalue weighted by Gasteiger charge is -2.19. The summed E-state index contributed by atoms with van der Waals surface area (Å²) in [6.45, 7) is 0.329. The maximum absolute atomic E-state index is 12.8. The van der Waals surface area contributed by atoms with Crippen LogP contribution in [0, 0.1) is 0 Å². The first-order valence-corrected chi connectivity index (χ1v) is 7.25. The van der Waals surface area contributed by atoms with Crippen LogP contribution in [0.4, 0.5) is 26.3 Å². The van der Waals surface area contributed by atoms with E-state index in [1.807, 2.05) is 0 Å². The van der Waals surface area contributed by atoms with Gasteiger partial charge in [0.1, 0.15) is 0 Å². The molecule has 0 aliphatic carbocycles. The fourth-order valence-corrected chi connectivity index (χ4v) is 2.67. The molecule has 1 aromatic carbocycles. The van der Waals surface area contributed by atoms with Crippen molar-refractivity contribution in [2.45, 2.75) is 37.8 Å². The van der Waals surface area contributed by atoms with Crippen molar-refractivity contribution >= 4 is 5.91 Å². The second kappa shape index (κ2) is 6.62. The zero-order valence-corrected chi connectivity index (χ0v) is 12.8. The summed E-state index contributed by atoms with van der Waals surface area (Å²) in [5.74, 6) is -0.402. The average molecular weight is 354 g/mol. The highest BCUT2D eigenvalue weighted by Gasteiger charge is 2.37. The lowest BCUT2D eigenvalue weighted by molar-refractivity contribution is -0.143. The number of likely N-dealkylation sites (N-methyl/N-ethyl adjacent to an activating group) is 1. The number of nitrogens with one attached hydrogen (secondary N) is 1. The molecule has 0 saturated carbocycles. The minimum Gasteiger partial charge on any atom is -0.351 e. The molecule has 3 nitrogen and oxygen atoms in total. The minimum absolute atomic E-state index is 0.0655. The van der Waals surface area contributed by atoms with Crippen LogP contribution in [0.15, 0.2) is 18.2 Å². The smallest absolute Gasteiger partial charge is 0.351 e. The van der Waals surface area contributed by atoms with E-state index in [1.54, 1.807) is 11.9 Å². The Bertz CT molecular complexity index is 579. The van der Waals surface area contributed by atoms with Gasteiger partial charge in [-0.1, -0.05) is 0 Å². The first kappa shape index (κ1) is 18.6. The van der Waals surface area contributed by atoms with Crippen molar-refractivity contribution in [3.05, 3.63) is 34.9 Å². The Labute approximate surface area is 134 Å². The molecule has 1 atom stereocenters. The van der Waals surface area contributed by atoms with Crippen molar-refractivity contribution in [1.29, 1.82) is 0 Å². The average Bonchev–Trinajstić information content (AvgIpc) is 2.89. The Kier molecular flexibility index (Phi) is 5.12. The maximum Gasteiger partial charge on any atom is 0.416 e. The lowest BCUT2D eigenvalue weighted by Crippen LogP contribution is -2.41. The number of hydrogen-bond acceptors (Lipinski definition) is 2. The Hall–Kier alpha value is -1.77. The zero-order valence-electron chi connectivity index (χ0n) is 12.8. The van der Waals surface area contributed by atoms with Crippen molar-refractivity contribution in [2.75, 3.05) is 13.6 Å². The molecule has 1 aliphatic heterocycles. The number of benzene rings is 1. The van der Waals surface area contributed by atoms with Gasteiger partial charge in [-0.05, 0) is 50.2 Å². The quantitative estimate of drug-likeness (QED) is 0.844. The van der Waals surface area contributed by atoms with Crippen LogP contribution >= 0.6 is 0 Å². The number of rotatable bonds is 3. The molecule has 0 spiro atoms. The third kappa shape index (κ3) is 4.40. The minimum atomic E-state index is -4.90. The summed E-state index contributed by atoms with van der Waals surface area (Å²) >= 11 is 0. The molecule has 0 aromatic heterocycles. The normalized spacial score (nSPS) is 19.5. The highest BCUT2D eigenvalue weighted by Crippen LogP contribution is 2.36. The highest BCUT2D eigenvalue weighted by atomic mass is 19.4. The summed E-state index contributed by atoms with van der Waals surface area (Å²) in [7, 11) is 1.74. The Morgan fingerprint density at radius 2 is 1.67 bits per heavy atom. The van der Waals surface area contributed by atoms with Crippen molar-refractivity contribution in [2.24, 2.45) is 0 Å². The summed E-state index contributed by atoms with van der Waals surface area (Å²) in [6.07, 6.45) is -8.37. The molecular weight excluding hydrogens is 338 g/mol. The Morgan fingerprint density at radius 3 is 2.08 bits per heavy atom. The number of likely N-dealkylation sites (tertiary alicyclic amines) is 1. The van der Waals surface area contributed by atoms with Crippen LogP contribution in [0.2, 0.25) is 0 Å². The van der Waals surface area contributed by atoms with Gasteiger partial charge in [0.15, 0.2) is 0 Å². The fourth-order valence-electron chi connectivity index (χ4n) is 2.67. The van der Waals surface area contributed by atoms with Gasteiger partial charge in [0.2, 0.25) is 5.91 Å². The van der Waals surface area contributed by atoms with Gasteiger partial charge in [-0.3, -0.25) is 9.69 Å². The van der Waals surface area contributed by atoms with Crippen LogP contribution in [0.3, 0.4) is 0 Å². The van der Waals surface area contributed by atoms with Gasteiger partial charge in [-0.2, -0.15) is 26.3 Å². The van der Waals surface area contributed by atoms with E-state index in [2.05, 4.69) is 5.32 Å². The molecule has 1 unspecified atom stereocenters. The monoisotopic (exact) mass is 354 g/mol.